The van der Waals surface area contributed by atoms with Crippen molar-refractivity contribution in [2.45, 2.75) is 18.9 Å². The van der Waals surface area contributed by atoms with Gasteiger partial charge in [0.2, 0.25) is 0 Å². The summed E-state index contributed by atoms with van der Waals surface area (Å²) in [4.78, 5) is 12.1. The zero-order chi connectivity index (χ0) is 14.2. The molecule has 1 amide bonds. The third-order valence-electron chi connectivity index (χ3n) is 3.22. The van der Waals surface area contributed by atoms with Gasteiger partial charge in [-0.25, -0.2) is 0 Å². The van der Waals surface area contributed by atoms with E-state index in [-0.39, 0.29) is 11.9 Å². The Morgan fingerprint density at radius 3 is 2.25 bits per heavy atom. The van der Waals surface area contributed by atoms with Gasteiger partial charge in [-0.3, -0.25) is 4.79 Å². The van der Waals surface area contributed by atoms with Crippen molar-refractivity contribution >= 4 is 5.91 Å². The highest BCUT2D eigenvalue weighted by Crippen LogP contribution is 2.07. The van der Waals surface area contributed by atoms with E-state index in [4.69, 9.17) is 0 Å². The molecule has 0 saturated heterocycles. The fourth-order valence-electron chi connectivity index (χ4n) is 2.06. The minimum absolute atomic E-state index is 0.0112. The summed E-state index contributed by atoms with van der Waals surface area (Å²) < 4.78 is 0. The molecule has 0 aromatic heterocycles. The normalized spacial score (nSPS) is 11.6. The summed E-state index contributed by atoms with van der Waals surface area (Å²) in [6.45, 7) is 3.81. The highest BCUT2D eigenvalue weighted by atomic mass is 16.1. The number of nitrogens with one attached hydrogen (secondary N) is 1. The summed E-state index contributed by atoms with van der Waals surface area (Å²) >= 11 is 0. The van der Waals surface area contributed by atoms with Gasteiger partial charge in [0.05, 0.1) is 0 Å². The van der Waals surface area contributed by atoms with Crippen LogP contribution in [0.2, 0.25) is 0 Å². The molecule has 0 spiro atoms. The number of amides is 1. The second-order valence-corrected chi connectivity index (χ2v) is 4.71. The molecule has 1 atom stereocenters. The highest BCUT2D eigenvalue weighted by molar-refractivity contribution is 5.94. The third kappa shape index (κ3) is 4.09. The monoisotopic (exact) mass is 265 g/mol. The molecular formula is C18H19NO. The Morgan fingerprint density at radius 2 is 1.65 bits per heavy atom. The molecule has 0 heterocycles. The van der Waals surface area contributed by atoms with E-state index in [2.05, 4.69) is 24.0 Å². The average molecular weight is 265 g/mol. The molecule has 2 nitrogen and oxygen atoms in total. The predicted octanol–water partition coefficient (Wildman–Crippen LogP) is 3.60. The van der Waals surface area contributed by atoms with Crippen molar-refractivity contribution < 1.29 is 4.79 Å². The first-order chi connectivity index (χ1) is 9.79. The van der Waals surface area contributed by atoms with Crippen LogP contribution < -0.4 is 5.32 Å². The molecule has 102 valence electrons. The van der Waals surface area contributed by atoms with Gasteiger partial charge in [0, 0.05) is 11.6 Å². The number of benzene rings is 2. The standard InChI is InChI=1S/C18H19NO/c1-2-17(14-13-15-9-5-3-6-10-15)19-18(20)16-11-7-4-8-12-16/h2-12,17H,1,13-14H2,(H,19,20)/t17-/m0/s1. The molecule has 0 unspecified atom stereocenters. The molecule has 0 bridgehead atoms. The molecule has 0 aliphatic heterocycles. The fraction of sp³-hybridized carbons (Fsp3) is 0.167. The molecule has 0 saturated carbocycles. The minimum Gasteiger partial charge on any atom is -0.346 e. The molecule has 0 aliphatic rings. The maximum Gasteiger partial charge on any atom is 0.251 e. The van der Waals surface area contributed by atoms with E-state index in [9.17, 15) is 4.79 Å². The van der Waals surface area contributed by atoms with Gasteiger partial charge in [0.1, 0.15) is 0 Å². The molecule has 0 aliphatic carbocycles. The Bertz CT molecular complexity index is 548. The predicted molar refractivity (Wildman–Crippen MR) is 82.7 cm³/mol. The molecule has 20 heavy (non-hydrogen) atoms. The van der Waals surface area contributed by atoms with Crippen molar-refractivity contribution in [1.82, 2.24) is 5.32 Å². The van der Waals surface area contributed by atoms with Gasteiger partial charge in [-0.05, 0) is 30.5 Å². The first-order valence-corrected chi connectivity index (χ1v) is 6.82. The van der Waals surface area contributed by atoms with Gasteiger partial charge in [-0.1, -0.05) is 54.6 Å². The van der Waals surface area contributed by atoms with Crippen molar-refractivity contribution in [1.29, 1.82) is 0 Å². The average Bonchev–Trinajstić information content (AvgIpc) is 2.53. The maximum absolute atomic E-state index is 12.1. The van der Waals surface area contributed by atoms with Crippen LogP contribution in [-0.2, 0) is 6.42 Å². The molecule has 2 heteroatoms. The SMILES string of the molecule is C=C[C@@H](CCc1ccccc1)NC(=O)c1ccccc1. The van der Waals surface area contributed by atoms with Crippen molar-refractivity contribution in [3.63, 3.8) is 0 Å². The second-order valence-electron chi connectivity index (χ2n) is 4.71. The lowest BCUT2D eigenvalue weighted by Gasteiger charge is -2.15. The zero-order valence-electron chi connectivity index (χ0n) is 11.5. The van der Waals surface area contributed by atoms with Gasteiger partial charge in [-0.2, -0.15) is 0 Å². The van der Waals surface area contributed by atoms with Crippen LogP contribution in [0.4, 0.5) is 0 Å². The van der Waals surface area contributed by atoms with Crippen LogP contribution >= 0.6 is 0 Å². The number of carbonyl (C=O) groups excluding carboxylic acids is 1. The summed E-state index contributed by atoms with van der Waals surface area (Å²) in [6.07, 6.45) is 3.57. The summed E-state index contributed by atoms with van der Waals surface area (Å²) in [5.74, 6) is -0.0523. The summed E-state index contributed by atoms with van der Waals surface area (Å²) in [7, 11) is 0. The van der Waals surface area contributed by atoms with E-state index in [0.29, 0.717) is 5.56 Å². The van der Waals surface area contributed by atoms with Gasteiger partial charge < -0.3 is 5.32 Å². The van der Waals surface area contributed by atoms with Crippen molar-refractivity contribution in [2.75, 3.05) is 0 Å². The molecule has 1 N–H and O–H groups in total. The Morgan fingerprint density at radius 1 is 1.05 bits per heavy atom. The number of carbonyl (C=O) groups is 1. The Kier molecular flexibility index (Phi) is 5.13. The van der Waals surface area contributed by atoms with Crippen LogP contribution in [0.25, 0.3) is 0 Å². The molecule has 2 aromatic rings. The first-order valence-electron chi connectivity index (χ1n) is 6.82. The van der Waals surface area contributed by atoms with Gasteiger partial charge in [0.15, 0.2) is 0 Å². The van der Waals surface area contributed by atoms with Crippen LogP contribution in [0.3, 0.4) is 0 Å². The largest absolute Gasteiger partial charge is 0.346 e. The van der Waals surface area contributed by atoms with E-state index < -0.39 is 0 Å². The van der Waals surface area contributed by atoms with Crippen molar-refractivity contribution in [3.05, 3.63) is 84.4 Å². The lowest BCUT2D eigenvalue weighted by molar-refractivity contribution is 0.0943. The highest BCUT2D eigenvalue weighted by Gasteiger charge is 2.10. The van der Waals surface area contributed by atoms with Crippen LogP contribution in [-0.4, -0.2) is 11.9 Å². The van der Waals surface area contributed by atoms with Crippen LogP contribution in [0.1, 0.15) is 22.3 Å². The smallest absolute Gasteiger partial charge is 0.251 e. The third-order valence-corrected chi connectivity index (χ3v) is 3.22. The van der Waals surface area contributed by atoms with Crippen molar-refractivity contribution in [3.8, 4) is 0 Å². The maximum atomic E-state index is 12.1. The van der Waals surface area contributed by atoms with Gasteiger partial charge in [0.25, 0.3) is 5.91 Å². The first kappa shape index (κ1) is 14.1. The second kappa shape index (κ2) is 7.29. The summed E-state index contributed by atoms with van der Waals surface area (Å²) in [5.41, 5.74) is 1.95. The number of aryl methyl sites for hydroxylation is 1. The molecular weight excluding hydrogens is 246 g/mol. The summed E-state index contributed by atoms with van der Waals surface area (Å²) in [6, 6.07) is 19.5. The van der Waals surface area contributed by atoms with Crippen LogP contribution in [0.5, 0.6) is 0 Å². The quantitative estimate of drug-likeness (QED) is 0.794. The van der Waals surface area contributed by atoms with Gasteiger partial charge >= 0.3 is 0 Å². The number of hydrogen-bond acceptors (Lipinski definition) is 1. The van der Waals surface area contributed by atoms with E-state index in [0.717, 1.165) is 12.8 Å². The molecule has 2 rings (SSSR count). The lowest BCUT2D eigenvalue weighted by Crippen LogP contribution is -2.33. The zero-order valence-corrected chi connectivity index (χ0v) is 11.5. The van der Waals surface area contributed by atoms with Crippen LogP contribution in [0.15, 0.2) is 73.3 Å². The number of rotatable bonds is 6. The van der Waals surface area contributed by atoms with E-state index >= 15 is 0 Å². The lowest BCUT2D eigenvalue weighted by atomic mass is 10.0. The topological polar surface area (TPSA) is 29.1 Å². The van der Waals surface area contributed by atoms with Crippen molar-refractivity contribution in [2.24, 2.45) is 0 Å². The Hall–Kier alpha value is -2.35. The Balaban J connectivity index is 1.89. The van der Waals surface area contributed by atoms with E-state index in [1.165, 1.54) is 5.56 Å². The minimum atomic E-state index is -0.0523. The number of hydrogen-bond donors (Lipinski definition) is 1. The molecule has 0 fully saturated rings. The fourth-order valence-corrected chi connectivity index (χ4v) is 2.06. The Labute approximate surface area is 120 Å². The van der Waals surface area contributed by atoms with Gasteiger partial charge in [-0.15, -0.1) is 6.58 Å². The van der Waals surface area contributed by atoms with E-state index in [1.54, 1.807) is 6.08 Å². The molecule has 0 radical (unpaired) electrons. The molecule has 2 aromatic carbocycles. The van der Waals surface area contributed by atoms with Crippen LogP contribution in [0, 0.1) is 0 Å². The summed E-state index contributed by atoms with van der Waals surface area (Å²) in [5, 5.41) is 3.00. The van der Waals surface area contributed by atoms with E-state index in [1.807, 2.05) is 48.5 Å².